The van der Waals surface area contributed by atoms with Crippen molar-refractivity contribution in [1.29, 1.82) is 0 Å². The van der Waals surface area contributed by atoms with Gasteiger partial charge in [0.15, 0.2) is 5.79 Å². The molecule has 1 aliphatic heterocycles. The Labute approximate surface area is 109 Å². The minimum atomic E-state index is -1.13. The quantitative estimate of drug-likeness (QED) is 0.844. The first kappa shape index (κ1) is 12.7. The highest BCUT2D eigenvalue weighted by Gasteiger charge is 2.47. The van der Waals surface area contributed by atoms with E-state index in [1.165, 1.54) is 12.1 Å². The molecule has 3 rings (SSSR count). The Kier molecular flexibility index (Phi) is 2.88. The average molecular weight is 268 g/mol. The molecule has 1 spiro atoms. The molecule has 0 atom stereocenters. The molecule has 104 valence electrons. The van der Waals surface area contributed by atoms with E-state index in [4.69, 9.17) is 19.0 Å². The van der Waals surface area contributed by atoms with Crippen molar-refractivity contribution in [1.82, 2.24) is 0 Å². The molecule has 2 aliphatic rings. The van der Waals surface area contributed by atoms with Gasteiger partial charge in [-0.2, -0.15) is 0 Å². The van der Waals surface area contributed by atoms with Crippen LogP contribution in [-0.4, -0.2) is 35.2 Å². The minimum absolute atomic E-state index is 0.155. The van der Waals surface area contributed by atoms with Crippen molar-refractivity contribution < 1.29 is 28.9 Å². The first-order valence-electron chi connectivity index (χ1n) is 6.37. The normalized spacial score (nSPS) is 24.7. The summed E-state index contributed by atoms with van der Waals surface area (Å²) < 4.78 is 16.4. The van der Waals surface area contributed by atoms with Crippen LogP contribution in [0.15, 0.2) is 16.5 Å². The van der Waals surface area contributed by atoms with Crippen molar-refractivity contribution >= 4 is 5.97 Å². The van der Waals surface area contributed by atoms with Gasteiger partial charge in [-0.1, -0.05) is 0 Å². The summed E-state index contributed by atoms with van der Waals surface area (Å²) in [5.74, 6) is -1.55. The molecule has 6 nitrogen and oxygen atoms in total. The van der Waals surface area contributed by atoms with Gasteiger partial charge >= 0.3 is 5.97 Å². The summed E-state index contributed by atoms with van der Waals surface area (Å²) in [7, 11) is 0. The second-order valence-electron chi connectivity index (χ2n) is 5.11. The van der Waals surface area contributed by atoms with Crippen molar-refractivity contribution in [3.63, 3.8) is 0 Å². The number of hydrogen-bond donors (Lipinski definition) is 2. The molecular formula is C13H16O6. The minimum Gasteiger partial charge on any atom is -0.475 e. The van der Waals surface area contributed by atoms with Crippen molar-refractivity contribution in [2.75, 3.05) is 13.2 Å². The van der Waals surface area contributed by atoms with Crippen LogP contribution in [0.2, 0.25) is 0 Å². The van der Waals surface area contributed by atoms with Crippen LogP contribution in [0, 0.1) is 0 Å². The molecule has 2 N–H and O–H groups in total. The van der Waals surface area contributed by atoms with Gasteiger partial charge in [-0.05, 0) is 25.0 Å². The van der Waals surface area contributed by atoms with Gasteiger partial charge in [0.2, 0.25) is 5.76 Å². The Bertz CT molecular complexity index is 475. The summed E-state index contributed by atoms with van der Waals surface area (Å²) in [6.45, 7) is 1.17. The molecule has 1 aromatic rings. The van der Waals surface area contributed by atoms with Gasteiger partial charge in [0, 0.05) is 12.8 Å². The van der Waals surface area contributed by atoms with E-state index in [1.807, 2.05) is 0 Å². The van der Waals surface area contributed by atoms with Gasteiger partial charge in [0.05, 0.1) is 13.2 Å². The first-order chi connectivity index (χ1) is 9.03. The summed E-state index contributed by atoms with van der Waals surface area (Å²) in [5.41, 5.74) is -1.13. The van der Waals surface area contributed by atoms with Gasteiger partial charge in [0.1, 0.15) is 11.4 Å². The number of aromatic carboxylic acids is 1. The van der Waals surface area contributed by atoms with E-state index in [2.05, 4.69) is 0 Å². The zero-order valence-corrected chi connectivity index (χ0v) is 10.4. The zero-order valence-electron chi connectivity index (χ0n) is 10.4. The molecule has 0 aromatic carbocycles. The number of ether oxygens (including phenoxy) is 2. The van der Waals surface area contributed by atoms with E-state index in [0.717, 1.165) is 0 Å². The fourth-order valence-electron chi connectivity index (χ4n) is 2.78. The Morgan fingerprint density at radius 3 is 2.26 bits per heavy atom. The number of aliphatic hydroxyl groups is 1. The van der Waals surface area contributed by atoms with Crippen molar-refractivity contribution in [3.05, 3.63) is 23.7 Å². The van der Waals surface area contributed by atoms with Crippen LogP contribution in [0.5, 0.6) is 0 Å². The molecule has 1 saturated carbocycles. The molecule has 6 heteroatoms. The van der Waals surface area contributed by atoms with Crippen LogP contribution < -0.4 is 0 Å². The lowest BCUT2D eigenvalue weighted by molar-refractivity contribution is -0.206. The number of carbonyl (C=O) groups is 1. The van der Waals surface area contributed by atoms with E-state index >= 15 is 0 Å². The number of furan rings is 1. The average Bonchev–Trinajstić information content (AvgIpc) is 3.04. The SMILES string of the molecule is O=C(O)c1ccc(C2(O)CCC3(CC2)OCCO3)o1. The molecule has 1 aliphatic carbocycles. The summed E-state index contributed by atoms with van der Waals surface area (Å²) in [4.78, 5) is 10.8. The maximum absolute atomic E-state index is 10.8. The maximum atomic E-state index is 10.8. The summed E-state index contributed by atoms with van der Waals surface area (Å²) in [5, 5.41) is 19.4. The second-order valence-corrected chi connectivity index (χ2v) is 5.11. The van der Waals surface area contributed by atoms with Crippen LogP contribution in [-0.2, 0) is 15.1 Å². The van der Waals surface area contributed by atoms with Gasteiger partial charge in [-0.15, -0.1) is 0 Å². The van der Waals surface area contributed by atoms with E-state index in [0.29, 0.717) is 44.7 Å². The lowest BCUT2D eigenvalue weighted by atomic mass is 9.80. The van der Waals surface area contributed by atoms with E-state index in [9.17, 15) is 9.90 Å². The van der Waals surface area contributed by atoms with E-state index in [1.54, 1.807) is 0 Å². The van der Waals surface area contributed by atoms with E-state index in [-0.39, 0.29) is 5.76 Å². The van der Waals surface area contributed by atoms with Gasteiger partial charge in [0.25, 0.3) is 0 Å². The smallest absolute Gasteiger partial charge is 0.371 e. The topological polar surface area (TPSA) is 89.1 Å². The molecule has 0 bridgehead atoms. The van der Waals surface area contributed by atoms with Gasteiger partial charge in [-0.3, -0.25) is 0 Å². The molecular weight excluding hydrogens is 252 g/mol. The molecule has 1 aromatic heterocycles. The maximum Gasteiger partial charge on any atom is 0.371 e. The molecule has 1 saturated heterocycles. The molecule has 0 unspecified atom stereocenters. The monoisotopic (exact) mass is 268 g/mol. The highest BCUT2D eigenvalue weighted by atomic mass is 16.7. The largest absolute Gasteiger partial charge is 0.475 e. The summed E-state index contributed by atoms with van der Waals surface area (Å²) in [6, 6.07) is 2.89. The predicted octanol–water partition coefficient (Wildman–Crippen LogP) is 1.48. The highest BCUT2D eigenvalue weighted by Crippen LogP contribution is 2.45. The zero-order chi connectivity index (χ0) is 13.5. The molecule has 19 heavy (non-hydrogen) atoms. The second kappa shape index (κ2) is 4.33. The third-order valence-electron chi connectivity index (χ3n) is 3.93. The standard InChI is InChI=1S/C13H16O6/c14-11(15)9-1-2-10(19-9)12(16)3-5-13(6-4-12)17-7-8-18-13/h1-2,16H,3-8H2,(H,14,15). The Hall–Kier alpha value is -1.37. The number of rotatable bonds is 2. The molecule has 2 fully saturated rings. The Morgan fingerprint density at radius 1 is 1.11 bits per heavy atom. The summed E-state index contributed by atoms with van der Waals surface area (Å²) in [6.07, 6.45) is 2.01. The van der Waals surface area contributed by atoms with Crippen LogP contribution in [0.3, 0.4) is 0 Å². The lowest BCUT2D eigenvalue weighted by Crippen LogP contribution is -2.41. The van der Waals surface area contributed by atoms with Crippen LogP contribution in [0.4, 0.5) is 0 Å². The highest BCUT2D eigenvalue weighted by molar-refractivity contribution is 5.84. The van der Waals surface area contributed by atoms with Gasteiger partial charge < -0.3 is 24.1 Å². The third-order valence-corrected chi connectivity index (χ3v) is 3.93. The molecule has 0 radical (unpaired) electrons. The number of carboxylic acid groups (broad SMARTS) is 1. The fourth-order valence-corrected chi connectivity index (χ4v) is 2.78. The summed E-state index contributed by atoms with van der Waals surface area (Å²) >= 11 is 0. The molecule has 0 amide bonds. The van der Waals surface area contributed by atoms with E-state index < -0.39 is 17.4 Å². The first-order valence-corrected chi connectivity index (χ1v) is 6.37. The Balaban J connectivity index is 1.75. The third kappa shape index (κ3) is 2.16. The Morgan fingerprint density at radius 2 is 1.74 bits per heavy atom. The fraction of sp³-hybridized carbons (Fsp3) is 0.615. The number of carboxylic acids is 1. The molecule has 2 heterocycles. The predicted molar refractivity (Wildman–Crippen MR) is 62.7 cm³/mol. The van der Waals surface area contributed by atoms with Gasteiger partial charge in [-0.25, -0.2) is 4.79 Å². The van der Waals surface area contributed by atoms with Crippen LogP contribution in [0.1, 0.15) is 42.0 Å². The number of hydrogen-bond acceptors (Lipinski definition) is 5. The van der Waals surface area contributed by atoms with Crippen molar-refractivity contribution in [3.8, 4) is 0 Å². The van der Waals surface area contributed by atoms with Crippen LogP contribution >= 0.6 is 0 Å². The van der Waals surface area contributed by atoms with Crippen molar-refractivity contribution in [2.45, 2.75) is 37.1 Å². The lowest BCUT2D eigenvalue weighted by Gasteiger charge is -2.39. The van der Waals surface area contributed by atoms with Crippen molar-refractivity contribution in [2.24, 2.45) is 0 Å². The van der Waals surface area contributed by atoms with Crippen LogP contribution in [0.25, 0.3) is 0 Å².